The molecule has 1 aliphatic heterocycles. The van der Waals surface area contributed by atoms with Crippen LogP contribution < -0.4 is 11.1 Å². The van der Waals surface area contributed by atoms with Gasteiger partial charge in [-0.2, -0.15) is 0 Å². The molecule has 232 valence electrons. The van der Waals surface area contributed by atoms with Crippen molar-refractivity contribution in [3.05, 3.63) is 88.4 Å². The van der Waals surface area contributed by atoms with Crippen LogP contribution in [0.25, 0.3) is 10.4 Å². The first-order valence-corrected chi connectivity index (χ1v) is 15.8. The number of nitrogens with two attached hydrogens (primary N) is 1. The van der Waals surface area contributed by atoms with Gasteiger partial charge in [-0.1, -0.05) is 59.8 Å². The Balaban J connectivity index is 1.05. The number of hydrogen-bond acceptors (Lipinski definition) is 6. The van der Waals surface area contributed by atoms with Crippen LogP contribution in [0.2, 0.25) is 0 Å². The van der Waals surface area contributed by atoms with Gasteiger partial charge in [0.05, 0.1) is 25.3 Å². The van der Waals surface area contributed by atoms with Gasteiger partial charge >= 0.3 is 0 Å². The Bertz CT molecular complexity index is 1410. The Morgan fingerprint density at radius 2 is 1.70 bits per heavy atom. The number of ether oxygens (including phenoxy) is 1. The van der Waals surface area contributed by atoms with Crippen LogP contribution in [0, 0.1) is 23.7 Å². The van der Waals surface area contributed by atoms with E-state index in [1.54, 1.807) is 16.8 Å². The second kappa shape index (κ2) is 12.6. The van der Waals surface area contributed by atoms with Crippen molar-refractivity contribution in [1.29, 1.82) is 0 Å². The van der Waals surface area contributed by atoms with E-state index in [0.717, 1.165) is 12.1 Å². The van der Waals surface area contributed by atoms with Crippen LogP contribution in [-0.4, -0.2) is 80.6 Å². The summed E-state index contributed by atoms with van der Waals surface area (Å²) in [6, 6.07) is 5.91. The minimum absolute atomic E-state index is 0.0351. The van der Waals surface area contributed by atoms with Gasteiger partial charge in [0.1, 0.15) is 0 Å². The Morgan fingerprint density at radius 3 is 2.39 bits per heavy atom. The zero-order chi connectivity index (χ0) is 30.8. The molecule has 6 unspecified atom stereocenters. The van der Waals surface area contributed by atoms with Crippen LogP contribution in [-0.2, 0) is 19.7 Å². The normalized spacial score (nSPS) is 32.0. The molecule has 0 spiro atoms. The number of nitrogens with zero attached hydrogens (tertiary/aromatic N) is 5. The number of benzene rings is 1. The van der Waals surface area contributed by atoms with Gasteiger partial charge in [-0.3, -0.25) is 9.59 Å². The largest absolute Gasteiger partial charge is 0.399 e. The number of carbonyl (C=O) groups excluding carboxylic acids is 2. The first kappa shape index (κ1) is 30.2. The molecule has 1 heterocycles. The molecule has 2 bridgehead atoms. The van der Waals surface area contributed by atoms with Crippen LogP contribution in [0.3, 0.4) is 0 Å². The topological polar surface area (TPSA) is 137 Å². The first-order chi connectivity index (χ1) is 21.3. The van der Waals surface area contributed by atoms with E-state index in [4.69, 9.17) is 16.0 Å². The molecule has 1 aromatic rings. The lowest BCUT2D eigenvalue weighted by atomic mass is 9.39. The predicted molar refractivity (Wildman–Crippen MR) is 170 cm³/mol. The molecular formula is C34H43N7O3. The summed E-state index contributed by atoms with van der Waals surface area (Å²) in [7, 11) is 3.59. The molecule has 1 saturated heterocycles. The van der Waals surface area contributed by atoms with E-state index in [1.165, 1.54) is 11.1 Å². The van der Waals surface area contributed by atoms with Crippen molar-refractivity contribution in [2.75, 3.05) is 52.7 Å². The van der Waals surface area contributed by atoms with Crippen molar-refractivity contribution >= 4 is 17.5 Å². The maximum absolute atomic E-state index is 13.5. The third-order valence-corrected chi connectivity index (χ3v) is 10.6. The summed E-state index contributed by atoms with van der Waals surface area (Å²) in [5.74, 6) is 1.90. The molecule has 10 heteroatoms. The summed E-state index contributed by atoms with van der Waals surface area (Å²) in [5, 5.41) is 6.83. The number of carbonyl (C=O) groups is 2. The molecule has 7 rings (SSSR count). The molecule has 10 nitrogen and oxygen atoms in total. The SMILES string of the molecule is CN(CCOCCN(C)C(=O)C1CC(N=[N+]=[N-])CN1)C(=O)CCC12c3cc(N)ccc3C(C3C=CC=CC31)C1C=CC=CC12. The summed E-state index contributed by atoms with van der Waals surface area (Å²) in [4.78, 5) is 32.5. The van der Waals surface area contributed by atoms with Gasteiger partial charge in [0.25, 0.3) is 0 Å². The third kappa shape index (κ3) is 5.36. The summed E-state index contributed by atoms with van der Waals surface area (Å²) >= 11 is 0. The molecule has 2 amide bonds. The quantitative estimate of drug-likeness (QED) is 0.130. The number of hydrogen-bond donors (Lipinski definition) is 2. The van der Waals surface area contributed by atoms with E-state index in [1.807, 2.05) is 13.1 Å². The Kier molecular flexibility index (Phi) is 8.67. The molecular weight excluding hydrogens is 554 g/mol. The van der Waals surface area contributed by atoms with Crippen molar-refractivity contribution < 1.29 is 14.3 Å². The molecule has 0 aromatic heterocycles. The van der Waals surface area contributed by atoms with Gasteiger partial charge in [0.15, 0.2) is 0 Å². The number of nitrogen functional groups attached to an aromatic ring is 1. The zero-order valence-corrected chi connectivity index (χ0v) is 25.6. The van der Waals surface area contributed by atoms with Crippen molar-refractivity contribution in [2.24, 2.45) is 28.8 Å². The van der Waals surface area contributed by atoms with Crippen molar-refractivity contribution in [2.45, 2.75) is 42.7 Å². The standard InChI is InChI=1S/C34H43N7O3/c1-40(15-17-44-18-16-41(2)33(43)30-20-23(21-37-30)38-39-36)31(42)13-14-34-27-9-5-3-7-24(27)32(25-8-4-6-10-28(25)34)26-12-11-22(35)19-29(26)34/h3-12,19,23-25,27-28,30,32,37H,13-18,20-21,35H2,1-2H3. The number of anilines is 1. The van der Waals surface area contributed by atoms with E-state index in [0.29, 0.717) is 75.3 Å². The minimum Gasteiger partial charge on any atom is -0.399 e. The van der Waals surface area contributed by atoms with Crippen molar-refractivity contribution in [3.8, 4) is 0 Å². The molecule has 6 atom stereocenters. The Morgan fingerprint density at radius 1 is 1.05 bits per heavy atom. The highest BCUT2D eigenvalue weighted by molar-refractivity contribution is 5.82. The van der Waals surface area contributed by atoms with Gasteiger partial charge in [0, 0.05) is 56.2 Å². The van der Waals surface area contributed by atoms with Gasteiger partial charge in [-0.15, -0.1) is 0 Å². The lowest BCUT2D eigenvalue weighted by molar-refractivity contribution is -0.132. The molecule has 5 aliphatic carbocycles. The number of amides is 2. The molecule has 1 saturated carbocycles. The maximum atomic E-state index is 13.5. The van der Waals surface area contributed by atoms with Crippen LogP contribution >= 0.6 is 0 Å². The summed E-state index contributed by atoms with van der Waals surface area (Å²) in [6.45, 7) is 2.22. The van der Waals surface area contributed by atoms with Crippen molar-refractivity contribution in [3.63, 3.8) is 0 Å². The van der Waals surface area contributed by atoms with Crippen LogP contribution in [0.1, 0.15) is 36.3 Å². The lowest BCUT2D eigenvalue weighted by Crippen LogP contribution is -2.59. The number of nitrogens with one attached hydrogen (secondary N) is 1. The van der Waals surface area contributed by atoms with E-state index < -0.39 is 0 Å². The Labute approximate surface area is 259 Å². The second-order valence-corrected chi connectivity index (χ2v) is 12.9. The molecule has 6 aliphatic rings. The van der Waals surface area contributed by atoms with Crippen LogP contribution in [0.5, 0.6) is 0 Å². The highest BCUT2D eigenvalue weighted by Crippen LogP contribution is 2.67. The van der Waals surface area contributed by atoms with Crippen LogP contribution in [0.15, 0.2) is 71.9 Å². The minimum atomic E-state index is -0.341. The summed E-state index contributed by atoms with van der Waals surface area (Å²) < 4.78 is 5.82. The molecule has 3 N–H and O–H groups in total. The van der Waals surface area contributed by atoms with Crippen molar-refractivity contribution in [1.82, 2.24) is 15.1 Å². The fraction of sp³-hybridized carbons (Fsp3) is 0.529. The van der Waals surface area contributed by atoms with E-state index in [-0.39, 0.29) is 29.3 Å². The number of azide groups is 1. The molecule has 2 fully saturated rings. The average Bonchev–Trinajstić information content (AvgIpc) is 3.51. The highest BCUT2D eigenvalue weighted by Gasteiger charge is 2.62. The number of rotatable bonds is 11. The molecule has 1 aromatic carbocycles. The number of likely N-dealkylation sites (N-methyl/N-ethyl adjacent to an activating group) is 2. The van der Waals surface area contributed by atoms with Gasteiger partial charge in [0.2, 0.25) is 11.8 Å². The van der Waals surface area contributed by atoms with Crippen LogP contribution in [0.4, 0.5) is 5.69 Å². The molecule has 44 heavy (non-hydrogen) atoms. The third-order valence-electron chi connectivity index (χ3n) is 10.6. The van der Waals surface area contributed by atoms with Gasteiger partial charge in [-0.25, -0.2) is 0 Å². The maximum Gasteiger partial charge on any atom is 0.239 e. The average molecular weight is 598 g/mol. The van der Waals surface area contributed by atoms with E-state index in [9.17, 15) is 9.59 Å². The lowest BCUT2D eigenvalue weighted by Gasteiger charge is -2.63. The Hall–Kier alpha value is -3.85. The monoisotopic (exact) mass is 597 g/mol. The van der Waals surface area contributed by atoms with E-state index in [2.05, 4.69) is 76.1 Å². The van der Waals surface area contributed by atoms with Gasteiger partial charge < -0.3 is 25.6 Å². The highest BCUT2D eigenvalue weighted by atomic mass is 16.5. The number of allylic oxidation sites excluding steroid dienone is 8. The van der Waals surface area contributed by atoms with Gasteiger partial charge in [-0.05, 0) is 71.2 Å². The fourth-order valence-electron chi connectivity index (χ4n) is 8.53. The fourth-order valence-corrected chi connectivity index (χ4v) is 8.53. The predicted octanol–water partition coefficient (Wildman–Crippen LogP) is 4.09. The summed E-state index contributed by atoms with van der Waals surface area (Å²) in [6.07, 6.45) is 19.9. The first-order valence-electron chi connectivity index (χ1n) is 15.8. The second-order valence-electron chi connectivity index (χ2n) is 12.9. The molecule has 0 radical (unpaired) electrons. The smallest absolute Gasteiger partial charge is 0.239 e. The zero-order valence-electron chi connectivity index (χ0n) is 25.6. The summed E-state index contributed by atoms with van der Waals surface area (Å²) in [5.41, 5.74) is 18.3. The van der Waals surface area contributed by atoms with E-state index >= 15 is 0 Å².